The van der Waals surface area contributed by atoms with Crippen LogP contribution in [0.3, 0.4) is 0 Å². The van der Waals surface area contributed by atoms with Crippen molar-refractivity contribution < 1.29 is 26.7 Å². The standard InChI is InChI=1S/C22H22ClF2N3O4S2/c23-15-2-4-17(5-3-15)34(30,31)14-20(29)28(7-1-6-27-8-10-32-11-9-27)22-26-21-18(25)12-16(24)13-19(21)33-22/h2-5,12-13H,1,6-11,14H2. The molecule has 34 heavy (non-hydrogen) atoms. The summed E-state index contributed by atoms with van der Waals surface area (Å²) in [6.07, 6.45) is 0.541. The smallest absolute Gasteiger partial charge is 0.244 e. The quantitative estimate of drug-likeness (QED) is 0.442. The maximum Gasteiger partial charge on any atom is 0.244 e. The molecule has 12 heteroatoms. The van der Waals surface area contributed by atoms with Gasteiger partial charge in [-0.2, -0.15) is 0 Å². The van der Waals surface area contributed by atoms with Crippen LogP contribution in [0.15, 0.2) is 41.3 Å². The predicted molar refractivity (Wildman–Crippen MR) is 127 cm³/mol. The highest BCUT2D eigenvalue weighted by Crippen LogP contribution is 2.31. The van der Waals surface area contributed by atoms with E-state index in [1.165, 1.54) is 29.2 Å². The Labute approximate surface area is 204 Å². The van der Waals surface area contributed by atoms with Crippen LogP contribution >= 0.6 is 22.9 Å². The van der Waals surface area contributed by atoms with E-state index in [1.54, 1.807) is 0 Å². The normalized spacial score (nSPS) is 15.0. The van der Waals surface area contributed by atoms with Crippen molar-refractivity contribution in [2.45, 2.75) is 11.3 Å². The molecule has 1 amide bonds. The number of carbonyl (C=O) groups is 1. The van der Waals surface area contributed by atoms with Gasteiger partial charge in [-0.25, -0.2) is 22.2 Å². The fourth-order valence-electron chi connectivity index (χ4n) is 3.63. The third-order valence-corrected chi connectivity index (χ3v) is 8.27. The van der Waals surface area contributed by atoms with Gasteiger partial charge in [0.15, 0.2) is 20.8 Å². The van der Waals surface area contributed by atoms with E-state index in [-0.39, 0.29) is 26.8 Å². The van der Waals surface area contributed by atoms with Gasteiger partial charge in [0.25, 0.3) is 0 Å². The molecule has 1 aliphatic heterocycles. The summed E-state index contributed by atoms with van der Waals surface area (Å²) in [6.45, 7) is 3.64. The molecule has 7 nitrogen and oxygen atoms in total. The zero-order valence-electron chi connectivity index (χ0n) is 18.0. The van der Waals surface area contributed by atoms with Crippen molar-refractivity contribution in [1.82, 2.24) is 9.88 Å². The molecule has 0 bridgehead atoms. The minimum absolute atomic E-state index is 0.0315. The van der Waals surface area contributed by atoms with Gasteiger partial charge in [0.2, 0.25) is 5.91 Å². The Morgan fingerprint density at radius 3 is 2.59 bits per heavy atom. The fraction of sp³-hybridized carbons (Fsp3) is 0.364. The van der Waals surface area contributed by atoms with Crippen molar-refractivity contribution in [2.75, 3.05) is 50.0 Å². The van der Waals surface area contributed by atoms with Crippen molar-refractivity contribution >= 4 is 54.0 Å². The lowest BCUT2D eigenvalue weighted by Crippen LogP contribution is -2.40. The number of halogens is 3. The summed E-state index contributed by atoms with van der Waals surface area (Å²) < 4.78 is 59.1. The molecule has 0 radical (unpaired) electrons. The lowest BCUT2D eigenvalue weighted by Gasteiger charge is -2.27. The Kier molecular flexibility index (Phi) is 7.78. The molecule has 4 rings (SSSR count). The second kappa shape index (κ2) is 10.6. The molecular weight excluding hydrogens is 508 g/mol. The number of ether oxygens (including phenoxy) is 1. The molecule has 2 heterocycles. The number of anilines is 1. The Balaban J connectivity index is 1.58. The first kappa shape index (κ1) is 24.9. The molecule has 0 atom stereocenters. The van der Waals surface area contributed by atoms with Crippen LogP contribution in [0.5, 0.6) is 0 Å². The van der Waals surface area contributed by atoms with E-state index >= 15 is 0 Å². The molecular formula is C22H22ClF2N3O4S2. The number of hydrogen-bond donors (Lipinski definition) is 0. The van der Waals surface area contributed by atoms with Gasteiger partial charge >= 0.3 is 0 Å². The van der Waals surface area contributed by atoms with Crippen molar-refractivity contribution in [3.63, 3.8) is 0 Å². The van der Waals surface area contributed by atoms with Crippen LogP contribution in [0.25, 0.3) is 10.2 Å². The van der Waals surface area contributed by atoms with Crippen LogP contribution in [-0.4, -0.2) is 69.4 Å². The summed E-state index contributed by atoms with van der Waals surface area (Å²) in [7, 11) is -3.95. The van der Waals surface area contributed by atoms with E-state index in [0.29, 0.717) is 31.2 Å². The highest BCUT2D eigenvalue weighted by Gasteiger charge is 2.27. The van der Waals surface area contributed by atoms with E-state index in [0.717, 1.165) is 36.6 Å². The van der Waals surface area contributed by atoms with Crippen molar-refractivity contribution in [2.24, 2.45) is 0 Å². The molecule has 1 aromatic heterocycles. The Bertz CT molecular complexity index is 1280. The van der Waals surface area contributed by atoms with Gasteiger partial charge in [0.1, 0.15) is 17.1 Å². The van der Waals surface area contributed by atoms with E-state index in [2.05, 4.69) is 9.88 Å². The number of benzene rings is 2. The number of amides is 1. The van der Waals surface area contributed by atoms with Gasteiger partial charge < -0.3 is 4.74 Å². The average molecular weight is 530 g/mol. The number of rotatable bonds is 8. The van der Waals surface area contributed by atoms with E-state index < -0.39 is 33.1 Å². The van der Waals surface area contributed by atoms with Crippen LogP contribution in [0.2, 0.25) is 5.02 Å². The van der Waals surface area contributed by atoms with Gasteiger partial charge in [0, 0.05) is 37.3 Å². The Hall–Kier alpha value is -2.18. The molecule has 1 aliphatic rings. The van der Waals surface area contributed by atoms with Crippen molar-refractivity contribution in [3.8, 4) is 0 Å². The van der Waals surface area contributed by atoms with Crippen LogP contribution in [0.1, 0.15) is 6.42 Å². The largest absolute Gasteiger partial charge is 0.379 e. The summed E-state index contributed by atoms with van der Waals surface area (Å²) in [6, 6.07) is 7.41. The van der Waals surface area contributed by atoms with Crippen molar-refractivity contribution in [1.29, 1.82) is 0 Å². The first-order valence-corrected chi connectivity index (χ1v) is 13.4. The minimum Gasteiger partial charge on any atom is -0.379 e. The first-order valence-electron chi connectivity index (χ1n) is 10.6. The van der Waals surface area contributed by atoms with Gasteiger partial charge in [-0.3, -0.25) is 14.6 Å². The van der Waals surface area contributed by atoms with Crippen LogP contribution in [0.4, 0.5) is 13.9 Å². The number of nitrogens with zero attached hydrogens (tertiary/aromatic N) is 3. The third kappa shape index (κ3) is 5.89. The first-order chi connectivity index (χ1) is 16.2. The number of sulfone groups is 1. The highest BCUT2D eigenvalue weighted by molar-refractivity contribution is 7.92. The number of aromatic nitrogens is 1. The molecule has 1 fully saturated rings. The van der Waals surface area contributed by atoms with E-state index in [9.17, 15) is 22.0 Å². The SMILES string of the molecule is O=C(CS(=O)(=O)c1ccc(Cl)cc1)N(CCCN1CCOCC1)c1nc2c(F)cc(F)cc2s1. The predicted octanol–water partition coefficient (Wildman–Crippen LogP) is 3.76. The topological polar surface area (TPSA) is 79.8 Å². The lowest BCUT2D eigenvalue weighted by molar-refractivity contribution is -0.116. The molecule has 0 unspecified atom stereocenters. The monoisotopic (exact) mass is 529 g/mol. The summed E-state index contributed by atoms with van der Waals surface area (Å²) in [5.74, 6) is -3.08. The highest BCUT2D eigenvalue weighted by atomic mass is 35.5. The molecule has 0 N–H and O–H groups in total. The van der Waals surface area contributed by atoms with Crippen LogP contribution in [-0.2, 0) is 19.4 Å². The summed E-state index contributed by atoms with van der Waals surface area (Å²) in [5.41, 5.74) is -0.0621. The van der Waals surface area contributed by atoms with Crippen molar-refractivity contribution in [3.05, 3.63) is 53.1 Å². The second-order valence-corrected chi connectivity index (χ2v) is 11.2. The summed E-state index contributed by atoms with van der Waals surface area (Å²) in [4.78, 5) is 20.8. The lowest BCUT2D eigenvalue weighted by atomic mass is 10.3. The molecule has 2 aromatic carbocycles. The summed E-state index contributed by atoms with van der Waals surface area (Å²) in [5, 5.41) is 0.497. The zero-order valence-corrected chi connectivity index (χ0v) is 20.4. The number of thiazole rings is 1. The average Bonchev–Trinajstić information content (AvgIpc) is 3.21. The second-order valence-electron chi connectivity index (χ2n) is 7.80. The van der Waals surface area contributed by atoms with Crippen LogP contribution < -0.4 is 4.90 Å². The maximum atomic E-state index is 14.2. The fourth-order valence-corrected chi connectivity index (χ4v) is 6.00. The molecule has 1 saturated heterocycles. The van der Waals surface area contributed by atoms with Gasteiger partial charge in [-0.05, 0) is 36.8 Å². The number of morpholine rings is 1. The number of fused-ring (bicyclic) bond motifs is 1. The molecule has 182 valence electrons. The van der Waals surface area contributed by atoms with E-state index in [1.807, 2.05) is 0 Å². The maximum absolute atomic E-state index is 14.2. The van der Waals surface area contributed by atoms with Gasteiger partial charge in [-0.15, -0.1) is 0 Å². The van der Waals surface area contributed by atoms with E-state index in [4.69, 9.17) is 16.3 Å². The number of hydrogen-bond acceptors (Lipinski definition) is 7. The van der Waals surface area contributed by atoms with Gasteiger partial charge in [0.05, 0.1) is 22.8 Å². The van der Waals surface area contributed by atoms with Gasteiger partial charge in [-0.1, -0.05) is 22.9 Å². The third-order valence-electron chi connectivity index (χ3n) is 5.38. The summed E-state index contributed by atoms with van der Waals surface area (Å²) >= 11 is 6.78. The molecule has 0 aliphatic carbocycles. The van der Waals surface area contributed by atoms with Crippen LogP contribution in [0, 0.1) is 11.6 Å². The minimum atomic E-state index is -3.95. The molecule has 0 saturated carbocycles. The Morgan fingerprint density at radius 2 is 1.88 bits per heavy atom. The number of carbonyl (C=O) groups excluding carboxylic acids is 1. The Morgan fingerprint density at radius 1 is 1.18 bits per heavy atom. The molecule has 3 aromatic rings. The zero-order chi connectivity index (χ0) is 24.3. The molecule has 0 spiro atoms.